The number of nitrogens with two attached hydrogens (primary N) is 1. The minimum atomic E-state index is -0.275. The average Bonchev–Trinajstić information content (AvgIpc) is 2.78. The lowest BCUT2D eigenvalue weighted by Crippen LogP contribution is -2.38. The monoisotopic (exact) mass is 228 g/mol. The van der Waals surface area contributed by atoms with E-state index in [0.717, 1.165) is 32.2 Å². The van der Waals surface area contributed by atoms with Crippen molar-refractivity contribution in [2.45, 2.75) is 51.7 Å². The smallest absolute Gasteiger partial charge is 0.249 e. The molecule has 16 heavy (non-hydrogen) atoms. The topological polar surface area (TPSA) is 64.4 Å². The zero-order chi connectivity index (χ0) is 12.0. The van der Waals surface area contributed by atoms with Crippen molar-refractivity contribution >= 4 is 5.91 Å². The van der Waals surface area contributed by atoms with Crippen LogP contribution in [0.4, 0.5) is 0 Å². The molecule has 0 bridgehead atoms. The van der Waals surface area contributed by atoms with E-state index in [1.165, 1.54) is 0 Å². The fourth-order valence-electron chi connectivity index (χ4n) is 2.01. The Morgan fingerprint density at radius 1 is 1.44 bits per heavy atom. The van der Waals surface area contributed by atoms with Gasteiger partial charge in [0.25, 0.3) is 0 Å². The minimum Gasteiger partial charge on any atom is -0.364 e. The highest BCUT2D eigenvalue weighted by Gasteiger charge is 2.29. The SMILES string of the molecule is CCC(CC)CNC(=O)C1CCC(CN)O1. The maximum Gasteiger partial charge on any atom is 0.249 e. The van der Waals surface area contributed by atoms with E-state index in [1.54, 1.807) is 0 Å². The van der Waals surface area contributed by atoms with Gasteiger partial charge in [-0.3, -0.25) is 4.79 Å². The number of ether oxygens (including phenoxy) is 1. The van der Waals surface area contributed by atoms with Crippen LogP contribution in [0.2, 0.25) is 0 Å². The van der Waals surface area contributed by atoms with Gasteiger partial charge in [-0.2, -0.15) is 0 Å². The maximum atomic E-state index is 11.8. The molecule has 0 aromatic heterocycles. The fraction of sp³-hybridized carbons (Fsp3) is 0.917. The summed E-state index contributed by atoms with van der Waals surface area (Å²) in [6.45, 7) is 5.57. The molecule has 1 aliphatic heterocycles. The third kappa shape index (κ3) is 3.76. The van der Waals surface area contributed by atoms with Crippen molar-refractivity contribution in [3.63, 3.8) is 0 Å². The van der Waals surface area contributed by atoms with Crippen molar-refractivity contribution in [1.82, 2.24) is 5.32 Å². The van der Waals surface area contributed by atoms with Crippen LogP contribution in [0.5, 0.6) is 0 Å². The predicted octanol–water partition coefficient (Wildman–Crippen LogP) is 1.05. The molecule has 0 aromatic rings. The summed E-state index contributed by atoms with van der Waals surface area (Å²) in [5, 5.41) is 2.97. The Kier molecular flexibility index (Phi) is 5.77. The normalized spacial score (nSPS) is 25.0. The molecule has 1 rings (SSSR count). The molecule has 3 N–H and O–H groups in total. The molecule has 1 aliphatic rings. The van der Waals surface area contributed by atoms with Crippen LogP contribution in [0, 0.1) is 5.92 Å². The summed E-state index contributed by atoms with van der Waals surface area (Å²) in [5.74, 6) is 0.610. The highest BCUT2D eigenvalue weighted by Crippen LogP contribution is 2.19. The molecule has 4 heteroatoms. The van der Waals surface area contributed by atoms with E-state index in [9.17, 15) is 4.79 Å². The maximum absolute atomic E-state index is 11.8. The molecule has 0 spiro atoms. The molecular weight excluding hydrogens is 204 g/mol. The van der Waals surface area contributed by atoms with Crippen molar-refractivity contribution in [3.05, 3.63) is 0 Å². The van der Waals surface area contributed by atoms with Crippen molar-refractivity contribution in [1.29, 1.82) is 0 Å². The van der Waals surface area contributed by atoms with Crippen LogP contribution in [0.3, 0.4) is 0 Å². The van der Waals surface area contributed by atoms with Gasteiger partial charge in [-0.1, -0.05) is 26.7 Å². The third-order valence-electron chi connectivity index (χ3n) is 3.38. The summed E-state index contributed by atoms with van der Waals surface area (Å²) in [6.07, 6.45) is 3.71. The van der Waals surface area contributed by atoms with E-state index < -0.39 is 0 Å². The van der Waals surface area contributed by atoms with Gasteiger partial charge in [-0.25, -0.2) is 0 Å². The number of rotatable bonds is 6. The number of carbonyl (C=O) groups is 1. The summed E-state index contributed by atoms with van der Waals surface area (Å²) in [6, 6.07) is 0. The Labute approximate surface area is 97.9 Å². The Morgan fingerprint density at radius 3 is 2.62 bits per heavy atom. The van der Waals surface area contributed by atoms with Gasteiger partial charge in [-0.05, 0) is 18.8 Å². The molecule has 2 atom stereocenters. The molecule has 1 fully saturated rings. The molecule has 94 valence electrons. The molecule has 0 aliphatic carbocycles. The number of carbonyl (C=O) groups excluding carboxylic acids is 1. The van der Waals surface area contributed by atoms with Crippen molar-refractivity contribution in [2.75, 3.05) is 13.1 Å². The van der Waals surface area contributed by atoms with E-state index in [2.05, 4.69) is 19.2 Å². The van der Waals surface area contributed by atoms with Crippen LogP contribution >= 0.6 is 0 Å². The van der Waals surface area contributed by atoms with E-state index >= 15 is 0 Å². The summed E-state index contributed by atoms with van der Waals surface area (Å²) in [7, 11) is 0. The lowest BCUT2D eigenvalue weighted by atomic mass is 10.0. The number of hydrogen-bond acceptors (Lipinski definition) is 3. The zero-order valence-corrected chi connectivity index (χ0v) is 10.4. The first-order valence-electron chi connectivity index (χ1n) is 6.34. The first-order valence-corrected chi connectivity index (χ1v) is 6.34. The molecule has 4 nitrogen and oxygen atoms in total. The zero-order valence-electron chi connectivity index (χ0n) is 10.4. The molecule has 2 unspecified atom stereocenters. The summed E-state index contributed by atoms with van der Waals surface area (Å²) >= 11 is 0. The Balaban J connectivity index is 2.25. The van der Waals surface area contributed by atoms with Crippen molar-refractivity contribution in [3.8, 4) is 0 Å². The van der Waals surface area contributed by atoms with Gasteiger partial charge in [0.15, 0.2) is 0 Å². The summed E-state index contributed by atoms with van der Waals surface area (Å²) in [4.78, 5) is 11.8. The van der Waals surface area contributed by atoms with Gasteiger partial charge in [0.2, 0.25) is 5.91 Å². The van der Waals surface area contributed by atoms with Gasteiger partial charge in [0.1, 0.15) is 6.10 Å². The molecular formula is C12H24N2O2. The Bertz CT molecular complexity index is 217. The van der Waals surface area contributed by atoms with Crippen LogP contribution in [-0.4, -0.2) is 31.2 Å². The highest BCUT2D eigenvalue weighted by atomic mass is 16.5. The molecule has 0 radical (unpaired) electrons. The van der Waals surface area contributed by atoms with Gasteiger partial charge in [0, 0.05) is 13.1 Å². The molecule has 0 saturated carbocycles. The second-order valence-corrected chi connectivity index (χ2v) is 4.49. The van der Waals surface area contributed by atoms with Crippen molar-refractivity contribution in [2.24, 2.45) is 11.7 Å². The number of nitrogens with one attached hydrogen (secondary N) is 1. The first kappa shape index (κ1) is 13.5. The molecule has 1 amide bonds. The molecule has 1 heterocycles. The van der Waals surface area contributed by atoms with E-state index in [1.807, 2.05) is 0 Å². The lowest BCUT2D eigenvalue weighted by Gasteiger charge is -2.16. The second kappa shape index (κ2) is 6.86. The van der Waals surface area contributed by atoms with Crippen LogP contribution in [0.1, 0.15) is 39.5 Å². The number of amides is 1. The van der Waals surface area contributed by atoms with E-state index in [-0.39, 0.29) is 18.1 Å². The van der Waals surface area contributed by atoms with Crippen molar-refractivity contribution < 1.29 is 9.53 Å². The van der Waals surface area contributed by atoms with Gasteiger partial charge < -0.3 is 15.8 Å². The minimum absolute atomic E-state index is 0.0304. The molecule has 1 saturated heterocycles. The van der Waals surface area contributed by atoms with Crippen LogP contribution < -0.4 is 11.1 Å². The van der Waals surface area contributed by atoms with Gasteiger partial charge >= 0.3 is 0 Å². The number of hydrogen-bond donors (Lipinski definition) is 2. The van der Waals surface area contributed by atoms with E-state index in [0.29, 0.717) is 12.5 Å². The summed E-state index contributed by atoms with van der Waals surface area (Å²) < 4.78 is 5.53. The third-order valence-corrected chi connectivity index (χ3v) is 3.38. The lowest BCUT2D eigenvalue weighted by molar-refractivity contribution is -0.132. The Morgan fingerprint density at radius 2 is 2.12 bits per heavy atom. The first-order chi connectivity index (χ1) is 7.71. The quantitative estimate of drug-likeness (QED) is 0.714. The average molecular weight is 228 g/mol. The fourth-order valence-corrected chi connectivity index (χ4v) is 2.01. The largest absolute Gasteiger partial charge is 0.364 e. The van der Waals surface area contributed by atoms with Gasteiger partial charge in [-0.15, -0.1) is 0 Å². The van der Waals surface area contributed by atoms with Crippen LogP contribution in [-0.2, 0) is 9.53 Å². The van der Waals surface area contributed by atoms with Crippen LogP contribution in [0.25, 0.3) is 0 Å². The van der Waals surface area contributed by atoms with Gasteiger partial charge in [0.05, 0.1) is 6.10 Å². The summed E-state index contributed by atoms with van der Waals surface area (Å²) in [5.41, 5.74) is 5.50. The Hall–Kier alpha value is -0.610. The predicted molar refractivity (Wildman–Crippen MR) is 64.0 cm³/mol. The standard InChI is InChI=1S/C12H24N2O2/c1-3-9(4-2)8-14-12(15)11-6-5-10(7-13)16-11/h9-11H,3-8,13H2,1-2H3,(H,14,15). The van der Waals surface area contributed by atoms with E-state index in [4.69, 9.17) is 10.5 Å². The van der Waals surface area contributed by atoms with Crippen LogP contribution in [0.15, 0.2) is 0 Å². The second-order valence-electron chi connectivity index (χ2n) is 4.49. The highest BCUT2D eigenvalue weighted by molar-refractivity contribution is 5.81. The molecule has 0 aromatic carbocycles.